The number of hydrogen-bond acceptors (Lipinski definition) is 1. The molecule has 1 unspecified atom stereocenters. The zero-order valence-corrected chi connectivity index (χ0v) is 14.5. The molecule has 0 radical (unpaired) electrons. The third-order valence-electron chi connectivity index (χ3n) is 3.53. The van der Waals surface area contributed by atoms with Gasteiger partial charge in [-0.05, 0) is 32.5 Å². The lowest BCUT2D eigenvalue weighted by molar-refractivity contribution is 0.384. The number of rotatable bonds is 2. The van der Waals surface area contributed by atoms with E-state index >= 15 is 0 Å². The minimum Gasteiger partial charge on any atom is -0.507 e. The Labute approximate surface area is 138 Å². The molecule has 0 spiro atoms. The summed E-state index contributed by atoms with van der Waals surface area (Å²) < 4.78 is 67.5. The largest absolute Gasteiger partial charge is 0.507 e. The van der Waals surface area contributed by atoms with Gasteiger partial charge in [-0.2, -0.15) is 0 Å². The number of benzene rings is 2. The first-order valence-electron chi connectivity index (χ1n) is 7.07. The summed E-state index contributed by atoms with van der Waals surface area (Å²) in [6, 6.07) is 3.20. The van der Waals surface area contributed by atoms with Crippen LogP contribution in [0.2, 0.25) is 0 Å². The van der Waals surface area contributed by atoms with Crippen LogP contribution in [0, 0.1) is 36.0 Å². The molecule has 0 aliphatic heterocycles. The van der Waals surface area contributed by atoms with Crippen LogP contribution in [0.15, 0.2) is 12.1 Å². The maximum atomic E-state index is 13.9. The summed E-state index contributed by atoms with van der Waals surface area (Å²) in [4.78, 5) is 0. The van der Waals surface area contributed by atoms with Crippen molar-refractivity contribution in [2.24, 2.45) is 0 Å². The topological polar surface area (TPSA) is 20.2 Å². The van der Waals surface area contributed by atoms with E-state index in [0.29, 0.717) is 11.1 Å². The highest BCUT2D eigenvalue weighted by atomic mass is 31.1. The molecule has 0 saturated heterocycles. The van der Waals surface area contributed by atoms with Gasteiger partial charge >= 0.3 is 0 Å². The van der Waals surface area contributed by atoms with E-state index in [0.717, 1.165) is 0 Å². The van der Waals surface area contributed by atoms with Crippen molar-refractivity contribution in [3.8, 4) is 5.75 Å². The van der Waals surface area contributed by atoms with Crippen LogP contribution >= 0.6 is 8.58 Å². The molecule has 1 N–H and O–H groups in total. The molecule has 0 bridgehead atoms. The maximum Gasteiger partial charge on any atom is 0.200 e. The maximum absolute atomic E-state index is 13.9. The number of phenols is 1. The Kier molecular flexibility index (Phi) is 4.91. The summed E-state index contributed by atoms with van der Waals surface area (Å²) in [5.74, 6) is -10.1. The third kappa shape index (κ3) is 3.25. The average Bonchev–Trinajstić information content (AvgIpc) is 2.49. The molecule has 0 saturated carbocycles. The van der Waals surface area contributed by atoms with Gasteiger partial charge in [0.2, 0.25) is 5.82 Å². The predicted molar refractivity (Wildman–Crippen MR) is 85.4 cm³/mol. The molecule has 0 aromatic heterocycles. The van der Waals surface area contributed by atoms with Crippen molar-refractivity contribution in [2.45, 2.75) is 33.1 Å². The summed E-state index contributed by atoms with van der Waals surface area (Å²) in [5.41, 5.74) is 0.795. The van der Waals surface area contributed by atoms with Crippen molar-refractivity contribution in [3.05, 3.63) is 52.3 Å². The molecule has 0 aliphatic rings. The van der Waals surface area contributed by atoms with Crippen molar-refractivity contribution in [2.75, 3.05) is 0 Å². The normalized spacial score (nSPS) is 12.4. The van der Waals surface area contributed by atoms with E-state index in [1.54, 1.807) is 13.0 Å². The van der Waals surface area contributed by atoms with Crippen molar-refractivity contribution in [1.82, 2.24) is 0 Å². The third-order valence-corrected chi connectivity index (χ3v) is 4.87. The second-order valence-corrected chi connectivity index (χ2v) is 7.82. The van der Waals surface area contributed by atoms with Gasteiger partial charge in [0.1, 0.15) is 5.75 Å². The summed E-state index contributed by atoms with van der Waals surface area (Å²) in [5, 5.41) is 9.58. The van der Waals surface area contributed by atoms with Crippen molar-refractivity contribution in [1.29, 1.82) is 0 Å². The van der Waals surface area contributed by atoms with E-state index < -0.39 is 48.4 Å². The van der Waals surface area contributed by atoms with E-state index in [4.69, 9.17) is 0 Å². The summed E-state index contributed by atoms with van der Waals surface area (Å²) in [7, 11) is -0.912. The summed E-state index contributed by atoms with van der Waals surface area (Å²) in [6.07, 6.45) is 0. The fraction of sp³-hybridized carbons (Fsp3) is 0.294. The second kappa shape index (κ2) is 6.32. The molecular formula is C17H16F5OP. The zero-order chi connectivity index (χ0) is 18.4. The van der Waals surface area contributed by atoms with Crippen molar-refractivity contribution in [3.63, 3.8) is 0 Å². The number of aromatic hydroxyl groups is 1. The summed E-state index contributed by atoms with van der Waals surface area (Å²) >= 11 is 0. The lowest BCUT2D eigenvalue weighted by Crippen LogP contribution is -2.21. The molecule has 130 valence electrons. The van der Waals surface area contributed by atoms with Gasteiger partial charge in [-0.15, -0.1) is 0 Å². The van der Waals surface area contributed by atoms with Gasteiger partial charge in [0.25, 0.3) is 0 Å². The quantitative estimate of drug-likeness (QED) is 0.365. The molecule has 2 rings (SSSR count). The van der Waals surface area contributed by atoms with Gasteiger partial charge in [-0.1, -0.05) is 26.8 Å². The molecule has 1 nitrogen and oxygen atoms in total. The predicted octanol–water partition coefficient (Wildman–Crippen LogP) is 4.32. The Morgan fingerprint density at radius 3 is 1.75 bits per heavy atom. The van der Waals surface area contributed by atoms with Crippen molar-refractivity contribution < 1.29 is 27.1 Å². The van der Waals surface area contributed by atoms with Gasteiger partial charge in [0.05, 0.1) is 5.30 Å². The van der Waals surface area contributed by atoms with Gasteiger partial charge in [-0.25, -0.2) is 22.0 Å². The van der Waals surface area contributed by atoms with Crippen molar-refractivity contribution >= 4 is 19.2 Å². The summed E-state index contributed by atoms with van der Waals surface area (Å²) in [6.45, 7) is 7.24. The van der Waals surface area contributed by atoms with E-state index in [2.05, 4.69) is 0 Å². The molecule has 2 aromatic rings. The van der Waals surface area contributed by atoms with Gasteiger partial charge < -0.3 is 5.11 Å². The number of halogens is 5. The zero-order valence-electron chi connectivity index (χ0n) is 13.5. The monoisotopic (exact) mass is 362 g/mol. The Bertz CT molecular complexity index is 783. The van der Waals surface area contributed by atoms with Crippen LogP contribution in [-0.4, -0.2) is 5.11 Å². The number of phenolic OH excluding ortho intramolecular Hbond substituents is 1. The second-order valence-electron chi connectivity index (χ2n) is 6.53. The fourth-order valence-electron chi connectivity index (χ4n) is 2.30. The SMILES string of the molecule is Cc1cc(Pc2c(F)c(F)c(F)c(F)c2F)c(O)c(C(C)(C)C)c1. The van der Waals surface area contributed by atoms with Gasteiger partial charge in [0.15, 0.2) is 23.3 Å². The molecule has 0 aliphatic carbocycles. The van der Waals surface area contributed by atoms with Crippen LogP contribution in [0.5, 0.6) is 5.75 Å². The van der Waals surface area contributed by atoms with Crippen LogP contribution in [0.3, 0.4) is 0 Å². The minimum absolute atomic E-state index is 0.128. The molecule has 0 fully saturated rings. The first-order valence-corrected chi connectivity index (χ1v) is 8.07. The van der Waals surface area contributed by atoms with Crippen LogP contribution in [0.4, 0.5) is 22.0 Å². The van der Waals surface area contributed by atoms with E-state index in [1.165, 1.54) is 6.07 Å². The van der Waals surface area contributed by atoms with Crippen LogP contribution in [0.1, 0.15) is 31.9 Å². The Balaban J connectivity index is 2.64. The molecular weight excluding hydrogens is 346 g/mol. The molecule has 24 heavy (non-hydrogen) atoms. The molecule has 7 heteroatoms. The highest BCUT2D eigenvalue weighted by Crippen LogP contribution is 2.34. The van der Waals surface area contributed by atoms with Crippen LogP contribution in [-0.2, 0) is 5.41 Å². The molecule has 1 atom stereocenters. The number of aryl methyl sites for hydroxylation is 1. The Morgan fingerprint density at radius 2 is 1.29 bits per heavy atom. The average molecular weight is 362 g/mol. The molecule has 0 amide bonds. The van der Waals surface area contributed by atoms with Crippen LogP contribution < -0.4 is 10.6 Å². The first kappa shape index (κ1) is 18.7. The molecule has 0 heterocycles. The lowest BCUT2D eigenvalue weighted by Gasteiger charge is -2.23. The first-order chi connectivity index (χ1) is 10.9. The lowest BCUT2D eigenvalue weighted by atomic mass is 9.85. The highest BCUT2D eigenvalue weighted by Gasteiger charge is 2.27. The fourth-order valence-corrected chi connectivity index (χ4v) is 3.56. The smallest absolute Gasteiger partial charge is 0.200 e. The van der Waals surface area contributed by atoms with Gasteiger partial charge in [0, 0.05) is 10.9 Å². The highest BCUT2D eigenvalue weighted by molar-refractivity contribution is 7.55. The van der Waals surface area contributed by atoms with E-state index in [-0.39, 0.29) is 11.1 Å². The minimum atomic E-state index is -2.19. The van der Waals surface area contributed by atoms with Gasteiger partial charge in [-0.3, -0.25) is 0 Å². The number of hydrogen-bond donors (Lipinski definition) is 1. The van der Waals surface area contributed by atoms with E-state index in [9.17, 15) is 27.1 Å². The molecule has 2 aromatic carbocycles. The Hall–Kier alpha value is -1.68. The standard InChI is InChI=1S/C17H16F5OP/c1-7-5-8(17(2,3)4)15(23)9(6-7)24-16-13(21)11(19)10(18)12(20)14(16)22/h5-6,23-24H,1-4H3. The van der Waals surface area contributed by atoms with E-state index in [1.807, 2.05) is 20.8 Å². The Morgan fingerprint density at radius 1 is 0.833 bits per heavy atom. The van der Waals surface area contributed by atoms with Crippen LogP contribution in [0.25, 0.3) is 0 Å².